The largest absolute Gasteiger partial charge is 0.450 e. The lowest BCUT2D eigenvalue weighted by molar-refractivity contribution is -0.115. The number of aliphatic imine (C=N–C) groups is 1. The summed E-state index contributed by atoms with van der Waals surface area (Å²) in [6.45, 7) is 4.10. The number of rotatable bonds is 4. The number of benzene rings is 2. The maximum atomic E-state index is 12.4. The van der Waals surface area contributed by atoms with Gasteiger partial charge < -0.3 is 14.7 Å². The summed E-state index contributed by atoms with van der Waals surface area (Å²) in [5.41, 5.74) is 5.08. The van der Waals surface area contributed by atoms with Gasteiger partial charge in [-0.25, -0.2) is 9.98 Å². The van der Waals surface area contributed by atoms with Crippen LogP contribution in [0.15, 0.2) is 79.2 Å². The molecular formula is C23H18N4O2S2. The summed E-state index contributed by atoms with van der Waals surface area (Å²) in [4.78, 5) is 25.2. The van der Waals surface area contributed by atoms with Crippen molar-refractivity contribution in [3.8, 4) is 0 Å². The number of carbonyl (C=O) groups excluding carboxylic acids is 1. The molecule has 5 rings (SSSR count). The molecular weight excluding hydrogens is 428 g/mol. The zero-order chi connectivity index (χ0) is 21.4. The number of fused-ring (bicyclic) bond motifs is 1. The van der Waals surface area contributed by atoms with Gasteiger partial charge in [0.2, 0.25) is 0 Å². The minimum Gasteiger partial charge on any atom is -0.450 e. The molecule has 2 aromatic heterocycles. The van der Waals surface area contributed by atoms with Crippen LogP contribution in [-0.2, 0) is 4.79 Å². The van der Waals surface area contributed by atoms with Crippen molar-refractivity contribution < 1.29 is 9.21 Å². The summed E-state index contributed by atoms with van der Waals surface area (Å²) < 4.78 is 5.87. The molecule has 1 aliphatic rings. The minimum atomic E-state index is -0.185. The highest BCUT2D eigenvalue weighted by molar-refractivity contribution is 8.18. The van der Waals surface area contributed by atoms with E-state index in [1.165, 1.54) is 29.1 Å². The molecule has 2 N–H and O–H groups in total. The number of hydrogen-bond acceptors (Lipinski definition) is 6. The summed E-state index contributed by atoms with van der Waals surface area (Å²) in [5, 5.41) is 4.82. The third-order valence-corrected chi connectivity index (χ3v) is 6.53. The van der Waals surface area contributed by atoms with Gasteiger partial charge in [-0.1, -0.05) is 18.2 Å². The van der Waals surface area contributed by atoms with Crippen molar-refractivity contribution in [2.75, 3.05) is 0 Å². The average molecular weight is 447 g/mol. The standard InChI is InChI=1S/C23H18N4O2S2/c1-13-7-8-15(11-14(13)2)24-22-27-21(28)19(30-22)12-16-9-10-20(29-16)31-23-25-17-5-3-4-6-18(17)26-23/h3-12H,1-2H3,(H,25,26)(H,24,27,28)/b19-12-. The number of carbonyl (C=O) groups is 1. The molecule has 0 radical (unpaired) electrons. The number of aromatic amines is 1. The molecule has 0 unspecified atom stereocenters. The minimum absolute atomic E-state index is 0.185. The van der Waals surface area contributed by atoms with Crippen molar-refractivity contribution in [1.82, 2.24) is 15.3 Å². The number of H-pyrrole nitrogens is 1. The molecule has 0 bridgehead atoms. The van der Waals surface area contributed by atoms with Crippen LogP contribution in [0.4, 0.5) is 5.69 Å². The van der Waals surface area contributed by atoms with Gasteiger partial charge in [-0.2, -0.15) is 0 Å². The van der Waals surface area contributed by atoms with Crippen LogP contribution in [0.1, 0.15) is 16.9 Å². The predicted octanol–water partition coefficient (Wildman–Crippen LogP) is 5.82. The van der Waals surface area contributed by atoms with Crippen LogP contribution >= 0.6 is 23.5 Å². The molecule has 154 valence electrons. The van der Waals surface area contributed by atoms with Gasteiger partial charge in [0.1, 0.15) is 5.76 Å². The topological polar surface area (TPSA) is 83.3 Å². The second-order valence-electron chi connectivity index (χ2n) is 7.07. The third kappa shape index (κ3) is 4.30. The zero-order valence-electron chi connectivity index (χ0n) is 16.8. The van der Waals surface area contributed by atoms with E-state index in [4.69, 9.17) is 4.42 Å². The molecule has 8 heteroatoms. The highest BCUT2D eigenvalue weighted by atomic mass is 32.2. The van der Waals surface area contributed by atoms with Crippen LogP contribution in [0.2, 0.25) is 0 Å². The first kappa shape index (κ1) is 19.7. The van der Waals surface area contributed by atoms with E-state index in [0.29, 0.717) is 20.9 Å². The van der Waals surface area contributed by atoms with E-state index in [2.05, 4.69) is 27.2 Å². The Morgan fingerprint density at radius 2 is 1.97 bits per heavy atom. The molecule has 0 saturated carbocycles. The van der Waals surface area contributed by atoms with Gasteiger partial charge in [0.05, 0.1) is 21.6 Å². The normalized spacial score (nSPS) is 16.5. The number of amides is 1. The van der Waals surface area contributed by atoms with Crippen LogP contribution in [0.5, 0.6) is 0 Å². The van der Waals surface area contributed by atoms with Crippen molar-refractivity contribution in [2.45, 2.75) is 24.1 Å². The fraction of sp³-hybridized carbons (Fsp3) is 0.0870. The number of nitrogens with zero attached hydrogens (tertiary/aromatic N) is 2. The highest BCUT2D eigenvalue weighted by Crippen LogP contribution is 2.32. The Kier molecular flexibility index (Phi) is 5.17. The van der Waals surface area contributed by atoms with Crippen molar-refractivity contribution in [2.24, 2.45) is 4.99 Å². The lowest BCUT2D eigenvalue weighted by Gasteiger charge is -2.01. The van der Waals surface area contributed by atoms with Gasteiger partial charge in [-0.05, 0) is 84.9 Å². The van der Waals surface area contributed by atoms with Crippen molar-refractivity contribution in [1.29, 1.82) is 0 Å². The summed E-state index contributed by atoms with van der Waals surface area (Å²) in [5.74, 6) is 0.416. The number of hydrogen-bond donors (Lipinski definition) is 2. The lowest BCUT2D eigenvalue weighted by Crippen LogP contribution is -2.19. The Balaban J connectivity index is 1.31. The molecule has 31 heavy (non-hydrogen) atoms. The number of aryl methyl sites for hydroxylation is 2. The summed E-state index contributed by atoms with van der Waals surface area (Å²) >= 11 is 2.70. The first-order valence-electron chi connectivity index (χ1n) is 9.63. The Labute approximate surface area is 187 Å². The van der Waals surface area contributed by atoms with Gasteiger partial charge in [0, 0.05) is 6.08 Å². The quantitative estimate of drug-likeness (QED) is 0.386. The van der Waals surface area contributed by atoms with E-state index < -0.39 is 0 Å². The van der Waals surface area contributed by atoms with Gasteiger partial charge in [-0.15, -0.1) is 0 Å². The number of amidine groups is 1. The maximum Gasteiger partial charge on any atom is 0.264 e. The third-order valence-electron chi connectivity index (χ3n) is 4.81. The van der Waals surface area contributed by atoms with Gasteiger partial charge in [-0.3, -0.25) is 4.79 Å². The van der Waals surface area contributed by atoms with E-state index in [-0.39, 0.29) is 5.91 Å². The number of nitrogens with one attached hydrogen (secondary N) is 2. The number of furan rings is 1. The fourth-order valence-electron chi connectivity index (χ4n) is 3.06. The Bertz CT molecular complexity index is 1330. The molecule has 1 amide bonds. The van der Waals surface area contributed by atoms with Gasteiger partial charge >= 0.3 is 0 Å². The summed E-state index contributed by atoms with van der Waals surface area (Å²) in [6, 6.07) is 17.5. The lowest BCUT2D eigenvalue weighted by atomic mass is 10.1. The van der Waals surface area contributed by atoms with Crippen molar-refractivity contribution in [3.05, 3.63) is 76.4 Å². The van der Waals surface area contributed by atoms with Gasteiger partial charge in [0.25, 0.3) is 5.91 Å². The molecule has 3 heterocycles. The first-order valence-corrected chi connectivity index (χ1v) is 11.3. The van der Waals surface area contributed by atoms with Crippen molar-refractivity contribution in [3.63, 3.8) is 0 Å². The molecule has 1 saturated heterocycles. The summed E-state index contributed by atoms with van der Waals surface area (Å²) in [6.07, 6.45) is 1.73. The first-order chi connectivity index (χ1) is 15.0. The molecule has 0 atom stereocenters. The van der Waals surface area contributed by atoms with Crippen LogP contribution in [0, 0.1) is 13.8 Å². The highest BCUT2D eigenvalue weighted by Gasteiger charge is 2.24. The molecule has 1 aliphatic heterocycles. The zero-order valence-corrected chi connectivity index (χ0v) is 18.4. The van der Waals surface area contributed by atoms with Crippen LogP contribution in [0.25, 0.3) is 17.1 Å². The summed E-state index contributed by atoms with van der Waals surface area (Å²) in [7, 11) is 0. The van der Waals surface area contributed by atoms with E-state index >= 15 is 0 Å². The SMILES string of the molecule is Cc1ccc(N=C2NC(=O)/C(=C/c3ccc(Sc4nc5ccccc5[nH]4)o3)S2)cc1C. The van der Waals surface area contributed by atoms with Crippen LogP contribution in [-0.4, -0.2) is 21.0 Å². The number of thioether (sulfide) groups is 1. The molecule has 6 nitrogen and oxygen atoms in total. The van der Waals surface area contributed by atoms with Crippen LogP contribution in [0.3, 0.4) is 0 Å². The van der Waals surface area contributed by atoms with E-state index in [1.807, 2.05) is 61.5 Å². The molecule has 0 aliphatic carbocycles. The second kappa shape index (κ2) is 8.13. The maximum absolute atomic E-state index is 12.4. The molecule has 1 fully saturated rings. The Hall–Kier alpha value is -3.23. The number of para-hydroxylation sites is 2. The molecule has 4 aromatic rings. The molecule has 2 aromatic carbocycles. The smallest absolute Gasteiger partial charge is 0.264 e. The Morgan fingerprint density at radius 3 is 2.81 bits per heavy atom. The number of imidazole rings is 1. The predicted molar refractivity (Wildman–Crippen MR) is 126 cm³/mol. The van der Waals surface area contributed by atoms with Crippen molar-refractivity contribution >= 4 is 57.4 Å². The monoisotopic (exact) mass is 446 g/mol. The number of aromatic nitrogens is 2. The van der Waals surface area contributed by atoms with E-state index in [9.17, 15) is 4.79 Å². The van der Waals surface area contributed by atoms with E-state index in [1.54, 1.807) is 6.08 Å². The van der Waals surface area contributed by atoms with Crippen LogP contribution < -0.4 is 5.32 Å². The fourth-order valence-corrected chi connectivity index (χ4v) is 4.65. The second-order valence-corrected chi connectivity index (χ2v) is 9.09. The Morgan fingerprint density at radius 1 is 1.10 bits per heavy atom. The van der Waals surface area contributed by atoms with E-state index in [0.717, 1.165) is 27.4 Å². The molecule has 0 spiro atoms. The van der Waals surface area contributed by atoms with Gasteiger partial charge in [0.15, 0.2) is 15.4 Å². The average Bonchev–Trinajstić information content (AvgIpc) is 3.44.